The van der Waals surface area contributed by atoms with Crippen LogP contribution in [0, 0.1) is 6.92 Å². The minimum Gasteiger partial charge on any atom is -1.00 e. The van der Waals surface area contributed by atoms with Crippen LogP contribution in [0.15, 0.2) is 42.7 Å². The molecule has 1 aliphatic rings. The number of nitrogens with zero attached hydrogens (tertiary/aromatic N) is 2. The van der Waals surface area contributed by atoms with E-state index in [0.29, 0.717) is 13.2 Å². The molecule has 1 aromatic carbocycles. The lowest BCUT2D eigenvalue weighted by Crippen LogP contribution is -3.00. The van der Waals surface area contributed by atoms with E-state index < -0.39 is 6.10 Å². The molecule has 0 radical (unpaired) electrons. The highest BCUT2D eigenvalue weighted by atomic mass is 127. The Bertz CT molecular complexity index is 711. The van der Waals surface area contributed by atoms with Gasteiger partial charge < -0.3 is 33.5 Å². The number of carbonyl (C=O) groups excluding carboxylic acids is 1. The Morgan fingerprint density at radius 2 is 1.93 bits per heavy atom. The van der Waals surface area contributed by atoms with Gasteiger partial charge in [-0.3, -0.25) is 0 Å². The summed E-state index contributed by atoms with van der Waals surface area (Å²) in [6.07, 6.45) is 9.15. The number of imidazole rings is 1. The molecule has 1 aliphatic carbocycles. The van der Waals surface area contributed by atoms with Gasteiger partial charge in [0.2, 0.25) is 0 Å². The number of carbonyl (C=O) groups is 1. The van der Waals surface area contributed by atoms with Crippen molar-refractivity contribution in [2.24, 2.45) is 7.05 Å². The zero-order valence-corrected chi connectivity index (χ0v) is 18.3. The van der Waals surface area contributed by atoms with Gasteiger partial charge in [0.25, 0.3) is 5.82 Å². The van der Waals surface area contributed by atoms with Gasteiger partial charge in [-0.2, -0.15) is 0 Å². The average Bonchev–Trinajstić information content (AvgIpc) is 3.00. The Morgan fingerprint density at radius 1 is 1.22 bits per heavy atom. The van der Waals surface area contributed by atoms with E-state index in [0.717, 1.165) is 24.2 Å². The third-order valence-corrected chi connectivity index (χ3v) is 5.17. The molecule has 148 valence electrons. The quantitative estimate of drug-likeness (QED) is 0.322. The van der Waals surface area contributed by atoms with Crippen LogP contribution < -0.4 is 28.5 Å². The molecule has 1 heterocycles. The van der Waals surface area contributed by atoms with Crippen LogP contribution in [0.5, 0.6) is 0 Å². The maximum absolute atomic E-state index is 12.7. The number of rotatable bonds is 7. The smallest absolute Gasteiger partial charge is 0.340 e. The van der Waals surface area contributed by atoms with Crippen molar-refractivity contribution in [1.82, 2.24) is 4.57 Å². The van der Waals surface area contributed by atoms with Crippen molar-refractivity contribution in [2.45, 2.75) is 57.8 Å². The minimum atomic E-state index is -0.638. The topological polar surface area (TPSA) is 44.3 Å². The number of halogens is 1. The first-order valence-electron chi connectivity index (χ1n) is 9.53. The largest absolute Gasteiger partial charge is 1.00 e. The van der Waals surface area contributed by atoms with Crippen molar-refractivity contribution in [3.05, 3.63) is 54.1 Å². The number of aromatic nitrogens is 2. The molecule has 0 saturated heterocycles. The molecule has 1 aromatic heterocycles. The van der Waals surface area contributed by atoms with Crippen LogP contribution in [0.25, 0.3) is 0 Å². The predicted molar refractivity (Wildman–Crippen MR) is 98.4 cm³/mol. The van der Waals surface area contributed by atoms with Gasteiger partial charge in [0, 0.05) is 6.92 Å². The Balaban J connectivity index is 0.00000261. The predicted octanol–water partition coefficient (Wildman–Crippen LogP) is 0.259. The van der Waals surface area contributed by atoms with Gasteiger partial charge in [0.1, 0.15) is 25.5 Å². The molecule has 1 atom stereocenters. The van der Waals surface area contributed by atoms with Crippen LogP contribution in [-0.2, 0) is 27.9 Å². The summed E-state index contributed by atoms with van der Waals surface area (Å²) in [5.74, 6) is 0.829. The number of hydrogen-bond donors (Lipinski definition) is 0. The monoisotopic (exact) mass is 484 g/mol. The lowest BCUT2D eigenvalue weighted by atomic mass is 9.97. The highest BCUT2D eigenvalue weighted by molar-refractivity contribution is 5.76. The number of benzene rings is 1. The Labute approximate surface area is 178 Å². The van der Waals surface area contributed by atoms with Crippen LogP contribution >= 0.6 is 0 Å². The average molecular weight is 484 g/mol. The number of ether oxygens (including phenoxy) is 2. The molecule has 27 heavy (non-hydrogen) atoms. The molecule has 0 aliphatic heterocycles. The van der Waals surface area contributed by atoms with Crippen LogP contribution in [0.4, 0.5) is 0 Å². The highest BCUT2D eigenvalue weighted by Crippen LogP contribution is 2.28. The lowest BCUT2D eigenvalue weighted by molar-refractivity contribution is -0.677. The zero-order chi connectivity index (χ0) is 18.4. The van der Waals surface area contributed by atoms with Crippen molar-refractivity contribution in [3.8, 4) is 0 Å². The highest BCUT2D eigenvalue weighted by Gasteiger charge is 2.27. The summed E-state index contributed by atoms with van der Waals surface area (Å²) in [4.78, 5) is 12.7. The minimum absolute atomic E-state index is 0. The van der Waals surface area contributed by atoms with E-state index in [-0.39, 0.29) is 36.0 Å². The second-order valence-electron chi connectivity index (χ2n) is 7.00. The molecule has 5 nitrogen and oxygen atoms in total. The molecule has 3 rings (SSSR count). The molecule has 1 fully saturated rings. The summed E-state index contributed by atoms with van der Waals surface area (Å²) in [6, 6.07) is 9.68. The van der Waals surface area contributed by atoms with E-state index in [1.807, 2.05) is 61.3 Å². The molecule has 6 heteroatoms. The van der Waals surface area contributed by atoms with Crippen LogP contribution in [-0.4, -0.2) is 23.2 Å². The van der Waals surface area contributed by atoms with Gasteiger partial charge >= 0.3 is 5.97 Å². The Hall–Kier alpha value is -1.41. The lowest BCUT2D eigenvalue weighted by Gasteiger charge is -2.26. The number of hydrogen-bond acceptors (Lipinski definition) is 3. The molecule has 0 spiro atoms. The molecule has 0 bridgehead atoms. The molecule has 1 unspecified atom stereocenters. The summed E-state index contributed by atoms with van der Waals surface area (Å²) >= 11 is 0. The second-order valence-corrected chi connectivity index (χ2v) is 7.00. The standard InChI is InChI=1S/C21H29N2O3.HI/c1-17-22(2)13-14-23(17)15-16-25-21(24)20(18-9-5-3-6-10-18)26-19-11-7-4-8-12-19;/h3,5-6,9-10,13-14,19-20H,4,7-8,11-12,15-16H2,1-2H3;1H/q+1;/p-1. The van der Waals surface area contributed by atoms with Crippen molar-refractivity contribution in [2.75, 3.05) is 6.61 Å². The third-order valence-electron chi connectivity index (χ3n) is 5.17. The molecular weight excluding hydrogens is 455 g/mol. The Kier molecular flexibility index (Phi) is 8.76. The maximum Gasteiger partial charge on any atom is 0.340 e. The van der Waals surface area contributed by atoms with E-state index in [1.54, 1.807) is 0 Å². The molecular formula is C21H29IN2O3. The number of aryl methyl sites for hydroxylation is 1. The second kappa shape index (κ2) is 10.8. The van der Waals surface area contributed by atoms with Crippen LogP contribution in [0.1, 0.15) is 49.6 Å². The fourth-order valence-electron chi connectivity index (χ4n) is 3.45. The molecule has 0 amide bonds. The summed E-state index contributed by atoms with van der Waals surface area (Å²) in [6.45, 7) is 3.02. The first kappa shape index (κ1) is 21.9. The fraction of sp³-hybridized carbons (Fsp3) is 0.524. The van der Waals surface area contributed by atoms with Gasteiger partial charge in [-0.15, -0.1) is 0 Å². The summed E-state index contributed by atoms with van der Waals surface area (Å²) in [5.41, 5.74) is 0.867. The zero-order valence-electron chi connectivity index (χ0n) is 16.1. The van der Waals surface area contributed by atoms with Gasteiger partial charge in [0.05, 0.1) is 13.2 Å². The molecule has 2 aromatic rings. The summed E-state index contributed by atoms with van der Waals surface area (Å²) < 4.78 is 15.9. The van der Waals surface area contributed by atoms with E-state index in [1.165, 1.54) is 19.3 Å². The first-order chi connectivity index (χ1) is 12.6. The molecule has 1 saturated carbocycles. The van der Waals surface area contributed by atoms with E-state index in [4.69, 9.17) is 9.47 Å². The molecule has 0 N–H and O–H groups in total. The third kappa shape index (κ3) is 6.04. The fourth-order valence-corrected chi connectivity index (χ4v) is 3.45. The van der Waals surface area contributed by atoms with Crippen molar-refractivity contribution in [1.29, 1.82) is 0 Å². The SMILES string of the molecule is Cc1n(CCOC(=O)C(OC2CCCCC2)c2ccccc2)cc[n+]1C.[I-]. The van der Waals surface area contributed by atoms with Crippen molar-refractivity contribution >= 4 is 5.97 Å². The van der Waals surface area contributed by atoms with Gasteiger partial charge in [-0.1, -0.05) is 49.6 Å². The van der Waals surface area contributed by atoms with E-state index in [9.17, 15) is 4.79 Å². The number of esters is 1. The summed E-state index contributed by atoms with van der Waals surface area (Å²) in [7, 11) is 2.00. The van der Waals surface area contributed by atoms with E-state index in [2.05, 4.69) is 4.57 Å². The van der Waals surface area contributed by atoms with Gasteiger partial charge in [-0.05, 0) is 18.4 Å². The summed E-state index contributed by atoms with van der Waals surface area (Å²) in [5, 5.41) is 0. The van der Waals surface area contributed by atoms with Gasteiger partial charge in [-0.25, -0.2) is 13.9 Å². The maximum atomic E-state index is 12.7. The van der Waals surface area contributed by atoms with Gasteiger partial charge in [0.15, 0.2) is 6.10 Å². The van der Waals surface area contributed by atoms with Crippen molar-refractivity contribution < 1.29 is 42.8 Å². The van der Waals surface area contributed by atoms with Crippen LogP contribution in [0.3, 0.4) is 0 Å². The van der Waals surface area contributed by atoms with Crippen LogP contribution in [0.2, 0.25) is 0 Å². The van der Waals surface area contributed by atoms with Crippen molar-refractivity contribution in [3.63, 3.8) is 0 Å². The normalized spacial score (nSPS) is 15.8. The first-order valence-corrected chi connectivity index (χ1v) is 9.53. The Morgan fingerprint density at radius 3 is 2.56 bits per heavy atom. The van der Waals surface area contributed by atoms with E-state index >= 15 is 0 Å².